The molecule has 1 heterocycles. The van der Waals surface area contributed by atoms with E-state index >= 15 is 0 Å². The summed E-state index contributed by atoms with van der Waals surface area (Å²) in [5, 5.41) is 0.671. The second kappa shape index (κ2) is 7.87. The van der Waals surface area contributed by atoms with Crippen LogP contribution in [0, 0.1) is 0 Å². The molecule has 1 aliphatic carbocycles. The molecule has 0 amide bonds. The van der Waals surface area contributed by atoms with Crippen molar-refractivity contribution >= 4 is 29.5 Å². The molecule has 1 aliphatic rings. The Balaban J connectivity index is 1.66. The normalized spacial score (nSPS) is 12.8. The van der Waals surface area contributed by atoms with E-state index in [1.165, 1.54) is 0 Å². The minimum Gasteiger partial charge on any atom is -0.488 e. The number of rotatable bonds is 5. The fraction of sp³-hybridized carbons (Fsp3) is 0.130. The molecule has 3 aromatic rings. The van der Waals surface area contributed by atoms with Crippen LogP contribution in [-0.4, -0.2) is 11.3 Å². The van der Waals surface area contributed by atoms with E-state index in [9.17, 15) is 9.59 Å². The summed E-state index contributed by atoms with van der Waals surface area (Å²) in [6.07, 6.45) is 5.93. The lowest BCUT2D eigenvalue weighted by Gasteiger charge is -2.19. The van der Waals surface area contributed by atoms with Crippen molar-refractivity contribution in [3.8, 4) is 5.75 Å². The fourth-order valence-corrected chi connectivity index (χ4v) is 3.54. The van der Waals surface area contributed by atoms with Gasteiger partial charge in [0.2, 0.25) is 0 Å². The number of pyridine rings is 1. The van der Waals surface area contributed by atoms with Gasteiger partial charge in [0, 0.05) is 16.8 Å². The smallest absolute Gasteiger partial charge is 0.259 e. The van der Waals surface area contributed by atoms with E-state index in [-0.39, 0.29) is 5.56 Å². The number of hydrogen-bond donors (Lipinski definition) is 1. The highest BCUT2D eigenvalue weighted by molar-refractivity contribution is 6.30. The third-order valence-electron chi connectivity index (χ3n) is 4.85. The lowest BCUT2D eigenvalue weighted by Crippen LogP contribution is -2.15. The monoisotopic (exact) mass is 391 g/mol. The first-order valence-electron chi connectivity index (χ1n) is 9.02. The summed E-state index contributed by atoms with van der Waals surface area (Å²) >= 11 is 5.92. The fourth-order valence-electron chi connectivity index (χ4n) is 3.41. The molecule has 28 heavy (non-hydrogen) atoms. The predicted molar refractivity (Wildman–Crippen MR) is 111 cm³/mol. The molecule has 4 rings (SSSR count). The van der Waals surface area contributed by atoms with E-state index in [1.54, 1.807) is 18.3 Å². The molecule has 140 valence electrons. The number of carbonyl (C=O) groups is 1. The zero-order valence-electron chi connectivity index (χ0n) is 15.1. The lowest BCUT2D eigenvalue weighted by atomic mass is 9.88. The van der Waals surface area contributed by atoms with Crippen LogP contribution in [0.15, 0.2) is 59.5 Å². The van der Waals surface area contributed by atoms with Crippen LogP contribution >= 0.6 is 11.6 Å². The Morgan fingerprint density at radius 2 is 1.89 bits per heavy atom. The topological polar surface area (TPSA) is 59.2 Å². The zero-order valence-corrected chi connectivity index (χ0v) is 15.8. The number of nitrogens with one attached hydrogen (secondary N) is 1. The number of benzene rings is 2. The number of aromatic amines is 1. The van der Waals surface area contributed by atoms with Gasteiger partial charge in [-0.3, -0.25) is 9.59 Å². The van der Waals surface area contributed by atoms with Gasteiger partial charge in [0.15, 0.2) is 0 Å². The van der Waals surface area contributed by atoms with Crippen LogP contribution in [-0.2, 0) is 13.0 Å². The summed E-state index contributed by atoms with van der Waals surface area (Å²) < 4.78 is 5.97. The van der Waals surface area contributed by atoms with E-state index in [0.717, 1.165) is 35.0 Å². The maximum absolute atomic E-state index is 12.6. The van der Waals surface area contributed by atoms with Crippen LogP contribution in [0.3, 0.4) is 0 Å². The van der Waals surface area contributed by atoms with E-state index in [2.05, 4.69) is 4.98 Å². The molecule has 0 unspecified atom stereocenters. The molecule has 1 N–H and O–H groups in total. The highest BCUT2D eigenvalue weighted by Gasteiger charge is 2.18. The second-order valence-electron chi connectivity index (χ2n) is 6.71. The maximum atomic E-state index is 12.6. The molecule has 0 saturated heterocycles. The summed E-state index contributed by atoms with van der Waals surface area (Å²) in [5.41, 5.74) is 5.09. The molecule has 2 aromatic carbocycles. The third-order valence-corrected chi connectivity index (χ3v) is 5.10. The summed E-state index contributed by atoms with van der Waals surface area (Å²) in [6.45, 7) is 0.347. The third kappa shape index (κ3) is 3.78. The first kappa shape index (κ1) is 18.3. The summed E-state index contributed by atoms with van der Waals surface area (Å²) in [5.74, 6) is 0.554. The Hall–Kier alpha value is -3.11. The van der Waals surface area contributed by atoms with Crippen molar-refractivity contribution in [1.82, 2.24) is 4.98 Å². The number of hydrogen-bond acceptors (Lipinski definition) is 3. The Kier molecular flexibility index (Phi) is 5.13. The molecule has 0 aliphatic heterocycles. The molecule has 0 atom stereocenters. The van der Waals surface area contributed by atoms with E-state index < -0.39 is 0 Å². The molecule has 5 heteroatoms. The van der Waals surface area contributed by atoms with Gasteiger partial charge < -0.3 is 9.72 Å². The largest absolute Gasteiger partial charge is 0.488 e. The van der Waals surface area contributed by atoms with Crippen LogP contribution in [0.2, 0.25) is 5.02 Å². The Bertz CT molecular complexity index is 1110. The highest BCUT2D eigenvalue weighted by Crippen LogP contribution is 2.33. The lowest BCUT2D eigenvalue weighted by molar-refractivity contribution is 0.112. The number of H-pyrrole nitrogens is 1. The van der Waals surface area contributed by atoms with Crippen LogP contribution in [0.4, 0.5) is 0 Å². The summed E-state index contributed by atoms with van der Waals surface area (Å²) in [7, 11) is 0. The molecular formula is C23H18ClNO3. The summed E-state index contributed by atoms with van der Waals surface area (Å²) in [6, 6.07) is 14.8. The number of fused-ring (bicyclic) bond motifs is 1. The van der Waals surface area contributed by atoms with E-state index in [1.807, 2.05) is 42.5 Å². The Labute approximate surface area is 167 Å². The Morgan fingerprint density at radius 3 is 2.68 bits per heavy atom. The van der Waals surface area contributed by atoms with Crippen molar-refractivity contribution in [3.63, 3.8) is 0 Å². The highest BCUT2D eigenvalue weighted by atomic mass is 35.5. The molecular weight excluding hydrogens is 374 g/mol. The van der Waals surface area contributed by atoms with Crippen molar-refractivity contribution in [2.24, 2.45) is 0 Å². The van der Waals surface area contributed by atoms with Crippen molar-refractivity contribution in [2.75, 3.05) is 0 Å². The second-order valence-corrected chi connectivity index (χ2v) is 7.14. The van der Waals surface area contributed by atoms with Gasteiger partial charge in [-0.2, -0.15) is 0 Å². The van der Waals surface area contributed by atoms with Gasteiger partial charge in [0.05, 0.1) is 5.56 Å². The first-order chi connectivity index (χ1) is 13.6. The average molecular weight is 392 g/mol. The molecule has 0 fully saturated rings. The van der Waals surface area contributed by atoms with Gasteiger partial charge in [-0.25, -0.2) is 0 Å². The van der Waals surface area contributed by atoms with Gasteiger partial charge >= 0.3 is 0 Å². The summed E-state index contributed by atoms with van der Waals surface area (Å²) in [4.78, 5) is 26.3. The molecule has 0 spiro atoms. The van der Waals surface area contributed by atoms with Crippen molar-refractivity contribution in [2.45, 2.75) is 19.4 Å². The van der Waals surface area contributed by atoms with Crippen molar-refractivity contribution in [3.05, 3.63) is 97.9 Å². The van der Waals surface area contributed by atoms with Crippen molar-refractivity contribution < 1.29 is 9.53 Å². The zero-order chi connectivity index (χ0) is 19.5. The molecule has 0 saturated carbocycles. The number of aldehydes is 1. The van der Waals surface area contributed by atoms with Crippen LogP contribution in [0.5, 0.6) is 5.75 Å². The molecule has 4 nitrogen and oxygen atoms in total. The SMILES string of the molecule is O=Cc1ccc2c(c1)CCC(c1c(OCc3ccc(Cl)cc3)cc[nH]c1=O)=C2. The van der Waals surface area contributed by atoms with Gasteiger partial charge in [0.1, 0.15) is 18.6 Å². The average Bonchev–Trinajstić information content (AvgIpc) is 2.72. The molecule has 0 bridgehead atoms. The number of carbonyl (C=O) groups excluding carboxylic acids is 1. The van der Waals surface area contributed by atoms with Gasteiger partial charge in [-0.1, -0.05) is 41.9 Å². The number of ether oxygens (including phenoxy) is 1. The number of aryl methyl sites for hydroxylation is 1. The van der Waals surface area contributed by atoms with Crippen LogP contribution in [0.25, 0.3) is 11.6 Å². The van der Waals surface area contributed by atoms with Crippen LogP contribution in [0.1, 0.15) is 39.0 Å². The van der Waals surface area contributed by atoms with Crippen LogP contribution < -0.4 is 10.3 Å². The minimum atomic E-state index is -0.173. The number of allylic oxidation sites excluding steroid dienone is 1. The predicted octanol–water partition coefficient (Wildman–Crippen LogP) is 4.91. The first-order valence-corrected chi connectivity index (χ1v) is 9.40. The standard InChI is InChI=1S/C23H18ClNO3/c24-20-7-2-15(3-8-20)14-28-21-9-10-25-23(27)22(21)19-6-5-17-11-16(13-26)1-4-18(17)12-19/h1-4,7-13H,5-6,14H2,(H,25,27). The van der Waals surface area contributed by atoms with E-state index in [0.29, 0.717) is 34.9 Å². The van der Waals surface area contributed by atoms with Gasteiger partial charge in [0.25, 0.3) is 5.56 Å². The van der Waals surface area contributed by atoms with Gasteiger partial charge in [-0.15, -0.1) is 0 Å². The Morgan fingerprint density at radius 1 is 1.07 bits per heavy atom. The van der Waals surface area contributed by atoms with E-state index in [4.69, 9.17) is 16.3 Å². The quantitative estimate of drug-likeness (QED) is 0.629. The maximum Gasteiger partial charge on any atom is 0.259 e. The molecule has 0 radical (unpaired) electrons. The molecule has 1 aromatic heterocycles. The van der Waals surface area contributed by atoms with Crippen molar-refractivity contribution in [1.29, 1.82) is 0 Å². The minimum absolute atomic E-state index is 0.173. The number of aromatic nitrogens is 1. The van der Waals surface area contributed by atoms with Gasteiger partial charge in [-0.05, 0) is 59.4 Å². The number of halogens is 1.